The minimum Gasteiger partial charge on any atom is -0.368 e. The molecule has 0 aliphatic carbocycles. The molecular weight excluding hydrogens is 284 g/mol. The number of hydrogen-bond acceptors (Lipinski definition) is 5. The lowest BCUT2D eigenvalue weighted by Crippen LogP contribution is -2.39. The van der Waals surface area contributed by atoms with Gasteiger partial charge >= 0.3 is 0 Å². The van der Waals surface area contributed by atoms with Crippen molar-refractivity contribution >= 4 is 17.2 Å². The van der Waals surface area contributed by atoms with Crippen LogP contribution in [0.15, 0.2) is 0 Å². The molecule has 1 fully saturated rings. The van der Waals surface area contributed by atoms with Crippen LogP contribution in [0.4, 0.5) is 0 Å². The molecule has 0 saturated carbocycles. The SMILES string of the molecule is CC(C)N1CCc2nc(CN3CCC[C@@H]3C(N)=O)sc2C1. The van der Waals surface area contributed by atoms with E-state index in [4.69, 9.17) is 10.7 Å². The second kappa shape index (κ2) is 6.02. The Hall–Kier alpha value is -0.980. The molecule has 1 aromatic rings. The maximum absolute atomic E-state index is 11.5. The smallest absolute Gasteiger partial charge is 0.234 e. The van der Waals surface area contributed by atoms with Crippen LogP contribution in [0.3, 0.4) is 0 Å². The number of nitrogens with two attached hydrogens (primary N) is 1. The number of likely N-dealkylation sites (tertiary alicyclic amines) is 1. The highest BCUT2D eigenvalue weighted by molar-refractivity contribution is 7.11. The second-order valence-electron chi connectivity index (χ2n) is 6.32. The highest BCUT2D eigenvalue weighted by atomic mass is 32.1. The third-order valence-corrected chi connectivity index (χ3v) is 5.63. The van der Waals surface area contributed by atoms with Gasteiger partial charge in [0.1, 0.15) is 5.01 Å². The fourth-order valence-electron chi connectivity index (χ4n) is 3.29. The molecule has 1 aromatic heterocycles. The molecule has 21 heavy (non-hydrogen) atoms. The summed E-state index contributed by atoms with van der Waals surface area (Å²) in [5.74, 6) is -0.195. The fraction of sp³-hybridized carbons (Fsp3) is 0.733. The average molecular weight is 308 g/mol. The van der Waals surface area contributed by atoms with Gasteiger partial charge in [0.15, 0.2) is 0 Å². The summed E-state index contributed by atoms with van der Waals surface area (Å²) in [7, 11) is 0. The lowest BCUT2D eigenvalue weighted by atomic mass is 10.1. The van der Waals surface area contributed by atoms with Crippen LogP contribution in [0.1, 0.15) is 42.3 Å². The molecule has 2 aliphatic heterocycles. The van der Waals surface area contributed by atoms with Crippen molar-refractivity contribution in [1.29, 1.82) is 0 Å². The van der Waals surface area contributed by atoms with Crippen LogP contribution in [0.5, 0.6) is 0 Å². The maximum atomic E-state index is 11.5. The molecule has 3 heterocycles. The van der Waals surface area contributed by atoms with Gasteiger partial charge in [-0.05, 0) is 33.2 Å². The van der Waals surface area contributed by atoms with Crippen LogP contribution >= 0.6 is 11.3 Å². The van der Waals surface area contributed by atoms with Gasteiger partial charge in [-0.1, -0.05) is 0 Å². The molecule has 0 bridgehead atoms. The minimum atomic E-state index is -0.195. The number of carbonyl (C=O) groups excluding carboxylic acids is 1. The zero-order chi connectivity index (χ0) is 15.0. The van der Waals surface area contributed by atoms with Gasteiger partial charge in [-0.2, -0.15) is 0 Å². The summed E-state index contributed by atoms with van der Waals surface area (Å²) in [6, 6.07) is 0.486. The number of thiazole rings is 1. The first kappa shape index (κ1) is 14.9. The topological polar surface area (TPSA) is 62.5 Å². The first-order valence-electron chi connectivity index (χ1n) is 7.79. The van der Waals surface area contributed by atoms with Crippen molar-refractivity contribution in [2.75, 3.05) is 13.1 Å². The molecule has 0 unspecified atom stereocenters. The van der Waals surface area contributed by atoms with Crippen molar-refractivity contribution in [3.8, 4) is 0 Å². The molecular formula is C15H24N4OS. The molecule has 0 aromatic carbocycles. The third kappa shape index (κ3) is 3.12. The number of amides is 1. The van der Waals surface area contributed by atoms with Crippen molar-refractivity contribution in [2.24, 2.45) is 5.73 Å². The van der Waals surface area contributed by atoms with Crippen LogP contribution in [0, 0.1) is 0 Å². The molecule has 5 nitrogen and oxygen atoms in total. The normalized spacial score (nSPS) is 23.7. The summed E-state index contributed by atoms with van der Waals surface area (Å²) in [6.45, 7) is 8.33. The van der Waals surface area contributed by atoms with E-state index in [0.29, 0.717) is 6.04 Å². The van der Waals surface area contributed by atoms with E-state index < -0.39 is 0 Å². The Kier molecular flexibility index (Phi) is 4.28. The van der Waals surface area contributed by atoms with Crippen molar-refractivity contribution < 1.29 is 4.79 Å². The lowest BCUT2D eigenvalue weighted by molar-refractivity contribution is -0.122. The van der Waals surface area contributed by atoms with E-state index in [2.05, 4.69) is 23.6 Å². The van der Waals surface area contributed by atoms with Gasteiger partial charge in [-0.3, -0.25) is 14.6 Å². The summed E-state index contributed by atoms with van der Waals surface area (Å²) >= 11 is 1.81. The Morgan fingerprint density at radius 3 is 3.00 bits per heavy atom. The first-order chi connectivity index (χ1) is 10.0. The van der Waals surface area contributed by atoms with Gasteiger partial charge in [0.25, 0.3) is 0 Å². The van der Waals surface area contributed by atoms with Gasteiger partial charge in [0.05, 0.1) is 18.3 Å². The quantitative estimate of drug-likeness (QED) is 0.912. The van der Waals surface area contributed by atoms with Crippen LogP contribution in [0.25, 0.3) is 0 Å². The van der Waals surface area contributed by atoms with Gasteiger partial charge in [0, 0.05) is 30.4 Å². The third-order valence-electron chi connectivity index (χ3n) is 4.57. The molecule has 116 valence electrons. The van der Waals surface area contributed by atoms with E-state index in [1.165, 1.54) is 10.6 Å². The van der Waals surface area contributed by atoms with Gasteiger partial charge in [-0.25, -0.2) is 4.98 Å². The number of aromatic nitrogens is 1. The van der Waals surface area contributed by atoms with E-state index in [9.17, 15) is 4.79 Å². The highest BCUT2D eigenvalue weighted by Gasteiger charge is 2.30. The van der Waals surface area contributed by atoms with E-state index >= 15 is 0 Å². The van der Waals surface area contributed by atoms with Crippen LogP contribution in [-0.4, -0.2) is 45.9 Å². The summed E-state index contributed by atoms with van der Waals surface area (Å²) < 4.78 is 0. The molecule has 3 rings (SSSR count). The van der Waals surface area contributed by atoms with E-state index in [-0.39, 0.29) is 11.9 Å². The molecule has 1 atom stereocenters. The van der Waals surface area contributed by atoms with Gasteiger partial charge < -0.3 is 5.73 Å². The van der Waals surface area contributed by atoms with E-state index in [1.54, 1.807) is 0 Å². The first-order valence-corrected chi connectivity index (χ1v) is 8.61. The van der Waals surface area contributed by atoms with E-state index in [1.807, 2.05) is 11.3 Å². The monoisotopic (exact) mass is 308 g/mol. The van der Waals surface area contributed by atoms with Crippen molar-refractivity contribution in [1.82, 2.24) is 14.8 Å². The number of carbonyl (C=O) groups is 1. The molecule has 1 saturated heterocycles. The average Bonchev–Trinajstić information content (AvgIpc) is 3.03. The second-order valence-corrected chi connectivity index (χ2v) is 7.49. The summed E-state index contributed by atoms with van der Waals surface area (Å²) in [5.41, 5.74) is 6.75. The van der Waals surface area contributed by atoms with Crippen LogP contribution in [0.2, 0.25) is 0 Å². The van der Waals surface area contributed by atoms with Crippen molar-refractivity contribution in [3.05, 3.63) is 15.6 Å². The van der Waals surface area contributed by atoms with Crippen molar-refractivity contribution in [3.63, 3.8) is 0 Å². The van der Waals surface area contributed by atoms with Crippen LogP contribution in [-0.2, 0) is 24.3 Å². The van der Waals surface area contributed by atoms with Gasteiger partial charge in [0.2, 0.25) is 5.91 Å². The fourth-order valence-corrected chi connectivity index (χ4v) is 4.45. The molecule has 2 aliphatic rings. The molecule has 0 radical (unpaired) electrons. The molecule has 1 amide bonds. The minimum absolute atomic E-state index is 0.0990. The zero-order valence-corrected chi connectivity index (χ0v) is 13.7. The Morgan fingerprint density at radius 2 is 2.29 bits per heavy atom. The number of rotatable bonds is 4. The Bertz CT molecular complexity index is 528. The standard InChI is InChI=1S/C15H24N4OS/c1-10(2)18-7-5-11-13(8-18)21-14(17-11)9-19-6-3-4-12(19)15(16)20/h10,12H,3-9H2,1-2H3,(H2,16,20)/t12-/m1/s1. The Labute approximate surface area is 130 Å². The highest BCUT2D eigenvalue weighted by Crippen LogP contribution is 2.28. The van der Waals surface area contributed by atoms with E-state index in [0.717, 1.165) is 50.4 Å². The van der Waals surface area contributed by atoms with Crippen LogP contribution < -0.4 is 5.73 Å². The Morgan fingerprint density at radius 1 is 1.48 bits per heavy atom. The van der Waals surface area contributed by atoms with Crippen molar-refractivity contribution in [2.45, 2.75) is 58.3 Å². The summed E-state index contributed by atoms with van der Waals surface area (Å²) in [4.78, 5) is 22.4. The lowest BCUT2D eigenvalue weighted by Gasteiger charge is -2.29. The zero-order valence-electron chi connectivity index (χ0n) is 12.8. The summed E-state index contributed by atoms with van der Waals surface area (Å²) in [5, 5.41) is 1.14. The molecule has 0 spiro atoms. The van der Waals surface area contributed by atoms with Gasteiger partial charge in [-0.15, -0.1) is 11.3 Å². The predicted molar refractivity (Wildman–Crippen MR) is 84.0 cm³/mol. The largest absolute Gasteiger partial charge is 0.368 e. The number of nitrogens with zero attached hydrogens (tertiary/aromatic N) is 3. The Balaban J connectivity index is 1.69. The number of fused-ring (bicyclic) bond motifs is 1. The molecule has 6 heteroatoms. The maximum Gasteiger partial charge on any atom is 0.234 e. The molecule has 2 N–H and O–H groups in total. The number of primary amides is 1. The predicted octanol–water partition coefficient (Wildman–Crippen LogP) is 1.36. The number of hydrogen-bond donors (Lipinski definition) is 1. The summed E-state index contributed by atoms with van der Waals surface area (Å²) in [6.07, 6.45) is 2.99.